The van der Waals surface area contributed by atoms with Gasteiger partial charge in [-0.15, -0.1) is 0 Å². The molecule has 1 aromatic rings. The first-order valence-corrected chi connectivity index (χ1v) is 4.42. The van der Waals surface area contributed by atoms with Crippen LogP contribution in [-0.2, 0) is 0 Å². The molecule has 0 unspecified atom stereocenters. The van der Waals surface area contributed by atoms with Gasteiger partial charge in [0.15, 0.2) is 0 Å². The van der Waals surface area contributed by atoms with Gasteiger partial charge in [-0.05, 0) is 11.6 Å². The molecular formula is C10H12FNO. The van der Waals surface area contributed by atoms with Crippen LogP contribution in [0.5, 0.6) is 0 Å². The van der Waals surface area contributed by atoms with Crippen LogP contribution in [0, 0.1) is 5.82 Å². The van der Waals surface area contributed by atoms with Crippen molar-refractivity contribution in [2.75, 3.05) is 13.1 Å². The first-order chi connectivity index (χ1) is 6.29. The lowest BCUT2D eigenvalue weighted by atomic mass is 9.96. The summed E-state index contributed by atoms with van der Waals surface area (Å²) < 4.78 is 13.3. The first kappa shape index (κ1) is 8.66. The zero-order chi connectivity index (χ0) is 9.26. The van der Waals surface area contributed by atoms with Gasteiger partial charge in [0.2, 0.25) is 0 Å². The third kappa shape index (κ3) is 1.57. The monoisotopic (exact) mass is 181 g/mol. The lowest BCUT2D eigenvalue weighted by molar-refractivity contribution is 0.176. The minimum Gasteiger partial charge on any atom is -0.391 e. The van der Waals surface area contributed by atoms with Crippen molar-refractivity contribution in [1.29, 1.82) is 0 Å². The highest BCUT2D eigenvalue weighted by Gasteiger charge is 2.28. The third-order valence-corrected chi connectivity index (χ3v) is 2.49. The molecule has 0 amide bonds. The predicted molar refractivity (Wildman–Crippen MR) is 48.0 cm³/mol. The summed E-state index contributed by atoms with van der Waals surface area (Å²) in [6.07, 6.45) is -0.461. The van der Waals surface area contributed by atoms with Gasteiger partial charge in [0.25, 0.3) is 0 Å². The smallest absolute Gasteiger partial charge is 0.126 e. The molecule has 1 fully saturated rings. The molecule has 3 heteroatoms. The van der Waals surface area contributed by atoms with Crippen LogP contribution in [0.2, 0.25) is 0 Å². The highest BCUT2D eigenvalue weighted by Crippen LogP contribution is 2.24. The van der Waals surface area contributed by atoms with E-state index in [0.717, 1.165) is 0 Å². The van der Waals surface area contributed by atoms with Crippen LogP contribution >= 0.6 is 0 Å². The molecule has 1 aliphatic rings. The van der Waals surface area contributed by atoms with Crippen LogP contribution in [-0.4, -0.2) is 24.3 Å². The van der Waals surface area contributed by atoms with Gasteiger partial charge >= 0.3 is 0 Å². The van der Waals surface area contributed by atoms with Crippen LogP contribution in [0.4, 0.5) is 4.39 Å². The van der Waals surface area contributed by atoms with E-state index in [4.69, 9.17) is 0 Å². The summed E-state index contributed by atoms with van der Waals surface area (Å²) in [5.74, 6) is -0.323. The van der Waals surface area contributed by atoms with Crippen LogP contribution < -0.4 is 5.32 Å². The second-order valence-electron chi connectivity index (χ2n) is 3.35. The van der Waals surface area contributed by atoms with Gasteiger partial charge in [0.05, 0.1) is 6.10 Å². The second-order valence-corrected chi connectivity index (χ2v) is 3.35. The van der Waals surface area contributed by atoms with Gasteiger partial charge in [-0.1, -0.05) is 18.2 Å². The molecule has 1 aromatic carbocycles. The van der Waals surface area contributed by atoms with Gasteiger partial charge in [-0.2, -0.15) is 0 Å². The second kappa shape index (κ2) is 3.44. The van der Waals surface area contributed by atoms with E-state index in [0.29, 0.717) is 18.7 Å². The highest BCUT2D eigenvalue weighted by atomic mass is 19.1. The Balaban J connectivity index is 2.29. The molecule has 13 heavy (non-hydrogen) atoms. The molecule has 1 heterocycles. The van der Waals surface area contributed by atoms with Crippen LogP contribution in [0.15, 0.2) is 24.3 Å². The molecule has 2 atom stereocenters. The Morgan fingerprint density at radius 1 is 1.31 bits per heavy atom. The molecule has 0 saturated carbocycles. The van der Waals surface area contributed by atoms with Crippen molar-refractivity contribution in [3.63, 3.8) is 0 Å². The quantitative estimate of drug-likeness (QED) is 0.674. The summed E-state index contributed by atoms with van der Waals surface area (Å²) in [7, 11) is 0. The molecule has 0 bridgehead atoms. The molecule has 1 saturated heterocycles. The molecule has 2 N–H and O–H groups in total. The molecule has 1 aliphatic heterocycles. The molecule has 0 spiro atoms. The Labute approximate surface area is 76.4 Å². The average Bonchev–Trinajstić information content (AvgIpc) is 2.52. The lowest BCUT2D eigenvalue weighted by Crippen LogP contribution is -2.16. The van der Waals surface area contributed by atoms with E-state index in [1.807, 2.05) is 0 Å². The Morgan fingerprint density at radius 3 is 2.69 bits per heavy atom. The fourth-order valence-corrected chi connectivity index (χ4v) is 1.76. The average molecular weight is 181 g/mol. The fraction of sp³-hybridized carbons (Fsp3) is 0.400. The predicted octanol–water partition coefficient (Wildman–Crippen LogP) is 0.873. The van der Waals surface area contributed by atoms with E-state index in [1.54, 1.807) is 18.2 Å². The molecule has 0 radical (unpaired) electrons. The van der Waals surface area contributed by atoms with E-state index in [1.165, 1.54) is 6.07 Å². The first-order valence-electron chi connectivity index (χ1n) is 4.42. The van der Waals surface area contributed by atoms with Gasteiger partial charge < -0.3 is 10.4 Å². The summed E-state index contributed by atoms with van der Waals surface area (Å²) in [4.78, 5) is 0. The van der Waals surface area contributed by atoms with E-state index in [-0.39, 0.29) is 11.7 Å². The van der Waals surface area contributed by atoms with Crippen molar-refractivity contribution in [3.8, 4) is 0 Å². The number of β-amino-alcohol motifs (C(OH)–C–C–N with tert-alkyl or cyclic N) is 1. The normalized spacial score (nSPS) is 27.8. The molecule has 2 rings (SSSR count). The maximum atomic E-state index is 13.3. The summed E-state index contributed by atoms with van der Waals surface area (Å²) in [5.41, 5.74) is 0.611. The zero-order valence-electron chi connectivity index (χ0n) is 7.20. The lowest BCUT2D eigenvalue weighted by Gasteiger charge is -2.13. The Morgan fingerprint density at radius 2 is 2.08 bits per heavy atom. The Kier molecular flexibility index (Phi) is 2.29. The van der Waals surface area contributed by atoms with E-state index in [9.17, 15) is 9.50 Å². The maximum Gasteiger partial charge on any atom is 0.126 e. The standard InChI is InChI=1S/C10H12FNO/c11-9-4-2-1-3-7(9)8-5-12-6-10(8)13/h1-4,8,10,12-13H,5-6H2/t8-,10+/m0/s1. The van der Waals surface area contributed by atoms with Gasteiger partial charge in [-0.25, -0.2) is 4.39 Å². The van der Waals surface area contributed by atoms with Gasteiger partial charge in [0.1, 0.15) is 5.82 Å². The SMILES string of the molecule is O[C@@H]1CNC[C@H]1c1ccccc1F. The number of hydrogen-bond acceptors (Lipinski definition) is 2. The van der Waals surface area contributed by atoms with Crippen molar-refractivity contribution >= 4 is 0 Å². The Hall–Kier alpha value is -0.930. The number of aliphatic hydroxyl groups is 1. The number of rotatable bonds is 1. The van der Waals surface area contributed by atoms with Gasteiger partial charge in [0, 0.05) is 19.0 Å². The minimum absolute atomic E-state index is 0.0961. The number of nitrogens with one attached hydrogen (secondary N) is 1. The summed E-state index contributed by atoms with van der Waals surface area (Å²) in [6.45, 7) is 1.21. The number of benzene rings is 1. The maximum absolute atomic E-state index is 13.3. The van der Waals surface area contributed by atoms with Gasteiger partial charge in [-0.3, -0.25) is 0 Å². The molecule has 0 aromatic heterocycles. The van der Waals surface area contributed by atoms with E-state index in [2.05, 4.69) is 5.32 Å². The topological polar surface area (TPSA) is 32.3 Å². The molecule has 2 nitrogen and oxygen atoms in total. The van der Waals surface area contributed by atoms with Crippen molar-refractivity contribution < 1.29 is 9.50 Å². The van der Waals surface area contributed by atoms with Crippen molar-refractivity contribution in [3.05, 3.63) is 35.6 Å². The van der Waals surface area contributed by atoms with Crippen molar-refractivity contribution in [1.82, 2.24) is 5.32 Å². The minimum atomic E-state index is -0.461. The Bertz CT molecular complexity index is 303. The van der Waals surface area contributed by atoms with Crippen LogP contribution in [0.25, 0.3) is 0 Å². The van der Waals surface area contributed by atoms with E-state index < -0.39 is 6.10 Å². The molecule has 70 valence electrons. The largest absolute Gasteiger partial charge is 0.391 e. The van der Waals surface area contributed by atoms with Crippen LogP contribution in [0.1, 0.15) is 11.5 Å². The fourth-order valence-electron chi connectivity index (χ4n) is 1.76. The summed E-state index contributed by atoms with van der Waals surface area (Å²) in [5, 5.41) is 12.6. The summed E-state index contributed by atoms with van der Waals surface area (Å²) >= 11 is 0. The number of aliphatic hydroxyl groups excluding tert-OH is 1. The third-order valence-electron chi connectivity index (χ3n) is 2.49. The van der Waals surface area contributed by atoms with Crippen molar-refractivity contribution in [2.45, 2.75) is 12.0 Å². The summed E-state index contributed by atoms with van der Waals surface area (Å²) in [6, 6.07) is 6.62. The van der Waals surface area contributed by atoms with Crippen LogP contribution in [0.3, 0.4) is 0 Å². The molecule has 0 aliphatic carbocycles. The number of halogens is 1. The van der Waals surface area contributed by atoms with Crippen molar-refractivity contribution in [2.24, 2.45) is 0 Å². The highest BCUT2D eigenvalue weighted by molar-refractivity contribution is 5.24. The molecular weight excluding hydrogens is 169 g/mol. The number of hydrogen-bond donors (Lipinski definition) is 2. The zero-order valence-corrected chi connectivity index (χ0v) is 7.20. The van der Waals surface area contributed by atoms with E-state index >= 15 is 0 Å².